The molecular weight excluding hydrogens is 358 g/mol. The summed E-state index contributed by atoms with van der Waals surface area (Å²) in [7, 11) is 2.94. The van der Waals surface area contributed by atoms with Crippen molar-refractivity contribution in [1.82, 2.24) is 0 Å². The summed E-state index contributed by atoms with van der Waals surface area (Å²) in [6.07, 6.45) is 0. The lowest BCUT2D eigenvalue weighted by Crippen LogP contribution is -2.21. The molecule has 26 heavy (non-hydrogen) atoms. The number of aryl methyl sites for hydroxylation is 2. The molecule has 0 fully saturated rings. The fourth-order valence-electron chi connectivity index (χ4n) is 2.43. The molecule has 138 valence electrons. The minimum atomic E-state index is -0.675. The first-order valence-electron chi connectivity index (χ1n) is 7.81. The third-order valence-corrected chi connectivity index (χ3v) is 3.96. The number of methoxy groups -OCH3 is 2. The molecule has 0 unspecified atom stereocenters. The van der Waals surface area contributed by atoms with Crippen molar-refractivity contribution in [2.75, 3.05) is 26.1 Å². The van der Waals surface area contributed by atoms with E-state index in [1.807, 2.05) is 19.9 Å². The average molecular weight is 378 g/mol. The van der Waals surface area contributed by atoms with E-state index in [1.165, 1.54) is 20.3 Å². The molecule has 0 heterocycles. The van der Waals surface area contributed by atoms with E-state index >= 15 is 0 Å². The molecule has 2 aromatic carbocycles. The Morgan fingerprint density at radius 3 is 2.42 bits per heavy atom. The molecule has 2 aromatic rings. The van der Waals surface area contributed by atoms with Crippen molar-refractivity contribution in [2.24, 2.45) is 0 Å². The maximum Gasteiger partial charge on any atom is 0.342 e. The van der Waals surface area contributed by atoms with E-state index in [0.29, 0.717) is 22.2 Å². The highest BCUT2D eigenvalue weighted by Crippen LogP contribution is 2.27. The molecule has 0 aliphatic carbocycles. The largest absolute Gasteiger partial charge is 0.497 e. The summed E-state index contributed by atoms with van der Waals surface area (Å²) in [6, 6.07) is 8.33. The van der Waals surface area contributed by atoms with Crippen LogP contribution in [0.2, 0.25) is 5.02 Å². The minimum absolute atomic E-state index is 0.200. The molecule has 0 aliphatic rings. The number of carbonyl (C=O) groups excluding carboxylic acids is 2. The van der Waals surface area contributed by atoms with Crippen LogP contribution in [0, 0.1) is 13.8 Å². The van der Waals surface area contributed by atoms with E-state index in [2.05, 4.69) is 5.32 Å². The number of halogens is 1. The van der Waals surface area contributed by atoms with Crippen LogP contribution in [-0.2, 0) is 9.53 Å². The predicted octanol–water partition coefficient (Wildman–Crippen LogP) is 3.77. The Labute approximate surface area is 157 Å². The van der Waals surface area contributed by atoms with Gasteiger partial charge in [0.1, 0.15) is 17.1 Å². The molecule has 2 rings (SSSR count). The van der Waals surface area contributed by atoms with Gasteiger partial charge in [-0.3, -0.25) is 4.79 Å². The fraction of sp³-hybridized carbons (Fsp3) is 0.263. The number of hydrogen-bond donors (Lipinski definition) is 1. The van der Waals surface area contributed by atoms with Crippen LogP contribution in [0.5, 0.6) is 11.5 Å². The van der Waals surface area contributed by atoms with Crippen molar-refractivity contribution in [1.29, 1.82) is 0 Å². The quantitative estimate of drug-likeness (QED) is 0.776. The van der Waals surface area contributed by atoms with E-state index in [0.717, 1.165) is 11.1 Å². The zero-order chi connectivity index (χ0) is 19.3. The first-order chi connectivity index (χ1) is 12.3. The van der Waals surface area contributed by atoms with Crippen molar-refractivity contribution in [3.8, 4) is 11.5 Å². The zero-order valence-electron chi connectivity index (χ0n) is 15.0. The van der Waals surface area contributed by atoms with Crippen molar-refractivity contribution >= 4 is 29.2 Å². The van der Waals surface area contributed by atoms with E-state index in [-0.39, 0.29) is 5.56 Å². The van der Waals surface area contributed by atoms with Gasteiger partial charge in [0.2, 0.25) is 0 Å². The molecular formula is C19H20ClNO5. The van der Waals surface area contributed by atoms with Crippen molar-refractivity contribution in [3.63, 3.8) is 0 Å². The summed E-state index contributed by atoms with van der Waals surface area (Å²) in [5.74, 6) is -0.320. The Morgan fingerprint density at radius 1 is 1.08 bits per heavy atom. The van der Waals surface area contributed by atoms with Gasteiger partial charge in [-0.1, -0.05) is 17.7 Å². The lowest BCUT2D eigenvalue weighted by molar-refractivity contribution is -0.119. The summed E-state index contributed by atoms with van der Waals surface area (Å²) >= 11 is 6.15. The minimum Gasteiger partial charge on any atom is -0.497 e. The topological polar surface area (TPSA) is 73.9 Å². The maximum absolute atomic E-state index is 12.2. The first-order valence-corrected chi connectivity index (χ1v) is 8.19. The number of ether oxygens (including phenoxy) is 3. The van der Waals surface area contributed by atoms with Crippen LogP contribution in [0.1, 0.15) is 21.5 Å². The summed E-state index contributed by atoms with van der Waals surface area (Å²) in [5, 5.41) is 3.09. The highest BCUT2D eigenvalue weighted by atomic mass is 35.5. The normalized spacial score (nSPS) is 10.2. The van der Waals surface area contributed by atoms with E-state index < -0.39 is 18.5 Å². The third-order valence-electron chi connectivity index (χ3n) is 3.66. The number of amides is 1. The van der Waals surface area contributed by atoms with Gasteiger partial charge in [0.05, 0.1) is 24.9 Å². The average Bonchev–Trinajstić information content (AvgIpc) is 2.62. The third kappa shape index (κ3) is 4.67. The monoisotopic (exact) mass is 377 g/mol. The maximum atomic E-state index is 12.2. The van der Waals surface area contributed by atoms with Gasteiger partial charge in [-0.25, -0.2) is 4.79 Å². The molecule has 0 aliphatic heterocycles. The van der Waals surface area contributed by atoms with Crippen LogP contribution >= 0.6 is 11.6 Å². The number of esters is 1. The van der Waals surface area contributed by atoms with E-state index in [1.54, 1.807) is 18.2 Å². The molecule has 0 saturated carbocycles. The van der Waals surface area contributed by atoms with Gasteiger partial charge in [-0.15, -0.1) is 0 Å². The number of benzene rings is 2. The van der Waals surface area contributed by atoms with Gasteiger partial charge >= 0.3 is 5.97 Å². The number of anilines is 1. The van der Waals surface area contributed by atoms with Crippen molar-refractivity contribution in [3.05, 3.63) is 52.0 Å². The van der Waals surface area contributed by atoms with Gasteiger partial charge < -0.3 is 19.5 Å². The highest BCUT2D eigenvalue weighted by Gasteiger charge is 2.17. The van der Waals surface area contributed by atoms with Crippen molar-refractivity contribution < 1.29 is 23.8 Å². The smallest absolute Gasteiger partial charge is 0.342 e. The SMILES string of the molecule is COc1ccc(C(=O)OCC(=O)Nc2c(C)cc(C)cc2Cl)c(OC)c1. The van der Waals surface area contributed by atoms with Gasteiger partial charge in [0.15, 0.2) is 6.61 Å². The number of nitrogens with one attached hydrogen (secondary N) is 1. The van der Waals surface area contributed by atoms with Crippen LogP contribution in [0.25, 0.3) is 0 Å². The molecule has 0 atom stereocenters. The molecule has 0 bridgehead atoms. The number of carbonyl (C=O) groups is 2. The predicted molar refractivity (Wildman–Crippen MR) is 99.4 cm³/mol. The second-order valence-corrected chi connectivity index (χ2v) is 6.04. The Morgan fingerprint density at radius 2 is 1.81 bits per heavy atom. The first kappa shape index (κ1) is 19.6. The molecule has 7 heteroatoms. The molecule has 0 aromatic heterocycles. The molecule has 1 N–H and O–H groups in total. The Balaban J connectivity index is 2.03. The Bertz CT molecular complexity index is 812. The number of rotatable bonds is 6. The Hall–Kier alpha value is -2.73. The zero-order valence-corrected chi connectivity index (χ0v) is 15.8. The molecule has 1 amide bonds. The van der Waals surface area contributed by atoms with E-state index in [4.69, 9.17) is 25.8 Å². The molecule has 0 saturated heterocycles. The van der Waals surface area contributed by atoms with Crippen LogP contribution in [0.3, 0.4) is 0 Å². The Kier molecular flexibility index (Phi) is 6.46. The second kappa shape index (κ2) is 8.58. The van der Waals surface area contributed by atoms with Crippen molar-refractivity contribution in [2.45, 2.75) is 13.8 Å². The van der Waals surface area contributed by atoms with Gasteiger partial charge in [0.25, 0.3) is 5.91 Å². The van der Waals surface area contributed by atoms with Gasteiger partial charge in [0, 0.05) is 6.07 Å². The highest BCUT2D eigenvalue weighted by molar-refractivity contribution is 6.34. The fourth-order valence-corrected chi connectivity index (χ4v) is 2.79. The van der Waals surface area contributed by atoms with Gasteiger partial charge in [-0.2, -0.15) is 0 Å². The van der Waals surface area contributed by atoms with Crippen LogP contribution in [0.15, 0.2) is 30.3 Å². The van der Waals surface area contributed by atoms with Crippen LogP contribution in [0.4, 0.5) is 5.69 Å². The summed E-state index contributed by atoms with van der Waals surface area (Å²) < 4.78 is 15.3. The summed E-state index contributed by atoms with van der Waals surface area (Å²) in [5.41, 5.74) is 2.51. The lowest BCUT2D eigenvalue weighted by Gasteiger charge is -2.13. The standard InChI is InChI=1S/C19H20ClNO5/c1-11-7-12(2)18(15(20)8-11)21-17(22)10-26-19(23)14-6-5-13(24-3)9-16(14)25-4/h5-9H,10H2,1-4H3,(H,21,22). The van der Waals surface area contributed by atoms with Gasteiger partial charge in [-0.05, 0) is 43.2 Å². The summed E-state index contributed by atoms with van der Waals surface area (Å²) in [6.45, 7) is 3.30. The molecule has 6 nitrogen and oxygen atoms in total. The molecule has 0 radical (unpaired) electrons. The molecule has 0 spiro atoms. The van der Waals surface area contributed by atoms with E-state index in [9.17, 15) is 9.59 Å². The number of hydrogen-bond acceptors (Lipinski definition) is 5. The van der Waals surface area contributed by atoms with Crippen LogP contribution in [-0.4, -0.2) is 32.7 Å². The van der Waals surface area contributed by atoms with Crippen LogP contribution < -0.4 is 14.8 Å². The summed E-state index contributed by atoms with van der Waals surface area (Å²) in [4.78, 5) is 24.3. The lowest BCUT2D eigenvalue weighted by atomic mass is 10.1. The second-order valence-electron chi connectivity index (χ2n) is 5.63.